The van der Waals surface area contributed by atoms with Crippen LogP contribution in [0.25, 0.3) is 0 Å². The molecule has 0 unspecified atom stereocenters. The molecule has 1 heteroatoms. The highest BCUT2D eigenvalue weighted by molar-refractivity contribution is 5.14. The van der Waals surface area contributed by atoms with E-state index in [0.717, 1.165) is 18.5 Å². The van der Waals surface area contributed by atoms with Crippen LogP contribution in [0.3, 0.4) is 0 Å². The average molecular weight is 189 g/mol. The first-order chi connectivity index (χ1) is 6.75. The summed E-state index contributed by atoms with van der Waals surface area (Å²) in [6, 6.07) is 11.5. The van der Waals surface area contributed by atoms with Crippen LogP contribution < -0.4 is 0 Å². The molecule has 1 heterocycles. The smallest absolute Gasteiger partial charge is 0.0236 e. The minimum absolute atomic E-state index is 0.755. The lowest BCUT2D eigenvalue weighted by atomic mass is 10.1. The average Bonchev–Trinajstić information content (AvgIpc) is 2.47. The number of rotatable bonds is 2. The standard InChI is InChI=1S/C13H19N/c1-11-8-12(2)14(9-11)10-13-6-4-3-5-7-13/h3-7,11-12H,8-10H2,1-2H3/t11-,12-/m0/s1. The summed E-state index contributed by atoms with van der Waals surface area (Å²) >= 11 is 0. The fourth-order valence-electron chi connectivity index (χ4n) is 2.42. The zero-order valence-corrected chi connectivity index (χ0v) is 9.11. The van der Waals surface area contributed by atoms with E-state index in [1.165, 1.54) is 18.5 Å². The van der Waals surface area contributed by atoms with Gasteiger partial charge in [0.05, 0.1) is 0 Å². The van der Waals surface area contributed by atoms with Gasteiger partial charge in [0.15, 0.2) is 0 Å². The Hall–Kier alpha value is -0.820. The van der Waals surface area contributed by atoms with E-state index in [-0.39, 0.29) is 0 Å². The highest BCUT2D eigenvalue weighted by atomic mass is 15.2. The summed E-state index contributed by atoms with van der Waals surface area (Å²) < 4.78 is 0. The van der Waals surface area contributed by atoms with Crippen LogP contribution in [0.1, 0.15) is 25.8 Å². The predicted molar refractivity (Wildman–Crippen MR) is 60.1 cm³/mol. The van der Waals surface area contributed by atoms with Gasteiger partial charge in [0.25, 0.3) is 0 Å². The first-order valence-corrected chi connectivity index (χ1v) is 5.53. The van der Waals surface area contributed by atoms with Crippen molar-refractivity contribution >= 4 is 0 Å². The van der Waals surface area contributed by atoms with Crippen molar-refractivity contribution in [3.05, 3.63) is 35.9 Å². The van der Waals surface area contributed by atoms with E-state index in [1.807, 2.05) is 0 Å². The fourth-order valence-corrected chi connectivity index (χ4v) is 2.42. The molecule has 1 saturated heterocycles. The van der Waals surface area contributed by atoms with E-state index in [0.29, 0.717) is 0 Å². The van der Waals surface area contributed by atoms with Crippen molar-refractivity contribution in [2.24, 2.45) is 5.92 Å². The molecule has 1 aromatic carbocycles. The Bertz CT molecular complexity index is 281. The molecular formula is C13H19N. The topological polar surface area (TPSA) is 3.24 Å². The molecule has 1 fully saturated rings. The Morgan fingerprint density at radius 1 is 1.21 bits per heavy atom. The van der Waals surface area contributed by atoms with Gasteiger partial charge in [-0.1, -0.05) is 37.3 Å². The first kappa shape index (κ1) is 9.72. The van der Waals surface area contributed by atoms with Crippen LogP contribution in [0.2, 0.25) is 0 Å². The SMILES string of the molecule is C[C@H]1C[C@H](C)N(Cc2ccccc2)C1. The summed E-state index contributed by atoms with van der Waals surface area (Å²) in [6.07, 6.45) is 1.35. The molecule has 2 rings (SSSR count). The van der Waals surface area contributed by atoms with Crippen molar-refractivity contribution in [3.8, 4) is 0 Å². The molecule has 0 aromatic heterocycles. The van der Waals surface area contributed by atoms with Crippen molar-refractivity contribution in [3.63, 3.8) is 0 Å². The summed E-state index contributed by atoms with van der Waals surface area (Å²) in [6.45, 7) is 7.07. The molecule has 76 valence electrons. The predicted octanol–water partition coefficient (Wildman–Crippen LogP) is 2.92. The van der Waals surface area contributed by atoms with Crippen molar-refractivity contribution < 1.29 is 0 Å². The first-order valence-electron chi connectivity index (χ1n) is 5.53. The Morgan fingerprint density at radius 2 is 1.93 bits per heavy atom. The zero-order chi connectivity index (χ0) is 9.97. The van der Waals surface area contributed by atoms with Crippen LogP contribution in [-0.4, -0.2) is 17.5 Å². The second-order valence-electron chi connectivity index (χ2n) is 4.60. The van der Waals surface area contributed by atoms with Gasteiger partial charge in [0.2, 0.25) is 0 Å². The van der Waals surface area contributed by atoms with Crippen molar-refractivity contribution in [2.75, 3.05) is 6.54 Å². The van der Waals surface area contributed by atoms with Gasteiger partial charge in [-0.2, -0.15) is 0 Å². The molecule has 1 aliphatic heterocycles. The van der Waals surface area contributed by atoms with E-state index >= 15 is 0 Å². The fraction of sp³-hybridized carbons (Fsp3) is 0.538. The van der Waals surface area contributed by atoms with E-state index in [1.54, 1.807) is 0 Å². The van der Waals surface area contributed by atoms with Gasteiger partial charge in [-0.05, 0) is 24.8 Å². The molecule has 0 N–H and O–H groups in total. The van der Waals surface area contributed by atoms with Crippen LogP contribution in [0.15, 0.2) is 30.3 Å². The van der Waals surface area contributed by atoms with Crippen LogP contribution in [0.4, 0.5) is 0 Å². The lowest BCUT2D eigenvalue weighted by Crippen LogP contribution is -2.26. The lowest BCUT2D eigenvalue weighted by molar-refractivity contribution is 0.256. The molecule has 0 amide bonds. The zero-order valence-electron chi connectivity index (χ0n) is 9.11. The van der Waals surface area contributed by atoms with E-state index < -0.39 is 0 Å². The molecule has 0 spiro atoms. The van der Waals surface area contributed by atoms with Crippen molar-refractivity contribution in [2.45, 2.75) is 32.9 Å². The molecular weight excluding hydrogens is 170 g/mol. The molecule has 14 heavy (non-hydrogen) atoms. The van der Waals surface area contributed by atoms with E-state index in [4.69, 9.17) is 0 Å². The lowest BCUT2D eigenvalue weighted by Gasteiger charge is -2.20. The number of benzene rings is 1. The Labute approximate surface area is 86.7 Å². The highest BCUT2D eigenvalue weighted by Crippen LogP contribution is 2.23. The highest BCUT2D eigenvalue weighted by Gasteiger charge is 2.25. The number of nitrogens with zero attached hydrogens (tertiary/aromatic N) is 1. The number of hydrogen-bond donors (Lipinski definition) is 0. The molecule has 0 bridgehead atoms. The van der Waals surface area contributed by atoms with Gasteiger partial charge >= 0.3 is 0 Å². The number of likely N-dealkylation sites (tertiary alicyclic amines) is 1. The Balaban J connectivity index is 1.98. The normalized spacial score (nSPS) is 28.1. The third-order valence-electron chi connectivity index (χ3n) is 3.14. The van der Waals surface area contributed by atoms with Crippen LogP contribution in [0, 0.1) is 5.92 Å². The summed E-state index contributed by atoms with van der Waals surface area (Å²) in [7, 11) is 0. The monoisotopic (exact) mass is 189 g/mol. The number of hydrogen-bond acceptors (Lipinski definition) is 1. The van der Waals surface area contributed by atoms with Crippen molar-refractivity contribution in [1.82, 2.24) is 4.90 Å². The summed E-state index contributed by atoms with van der Waals surface area (Å²) in [5, 5.41) is 0. The molecule has 1 aromatic rings. The second kappa shape index (κ2) is 4.14. The molecule has 0 saturated carbocycles. The largest absolute Gasteiger partial charge is 0.296 e. The van der Waals surface area contributed by atoms with Gasteiger partial charge in [0.1, 0.15) is 0 Å². The van der Waals surface area contributed by atoms with E-state index in [2.05, 4.69) is 49.1 Å². The summed E-state index contributed by atoms with van der Waals surface area (Å²) in [5.41, 5.74) is 1.44. The van der Waals surface area contributed by atoms with Gasteiger partial charge in [0, 0.05) is 19.1 Å². The maximum atomic E-state index is 2.58. The summed E-state index contributed by atoms with van der Waals surface area (Å²) in [5.74, 6) is 0.869. The molecule has 0 aliphatic carbocycles. The Kier molecular flexibility index (Phi) is 2.87. The third kappa shape index (κ3) is 2.16. The van der Waals surface area contributed by atoms with Crippen LogP contribution in [-0.2, 0) is 6.54 Å². The minimum Gasteiger partial charge on any atom is -0.296 e. The molecule has 0 radical (unpaired) electrons. The quantitative estimate of drug-likeness (QED) is 0.691. The van der Waals surface area contributed by atoms with Crippen LogP contribution >= 0.6 is 0 Å². The second-order valence-corrected chi connectivity index (χ2v) is 4.60. The van der Waals surface area contributed by atoms with E-state index in [9.17, 15) is 0 Å². The summed E-state index contributed by atoms with van der Waals surface area (Å²) in [4.78, 5) is 2.58. The Morgan fingerprint density at radius 3 is 2.50 bits per heavy atom. The van der Waals surface area contributed by atoms with Gasteiger partial charge in [-0.25, -0.2) is 0 Å². The molecule has 1 aliphatic rings. The molecule has 1 nitrogen and oxygen atoms in total. The maximum Gasteiger partial charge on any atom is 0.0236 e. The third-order valence-corrected chi connectivity index (χ3v) is 3.14. The van der Waals surface area contributed by atoms with Crippen molar-refractivity contribution in [1.29, 1.82) is 0 Å². The molecule has 2 atom stereocenters. The van der Waals surface area contributed by atoms with Crippen LogP contribution in [0.5, 0.6) is 0 Å². The minimum atomic E-state index is 0.755. The maximum absolute atomic E-state index is 2.58. The van der Waals surface area contributed by atoms with Gasteiger partial charge < -0.3 is 0 Å². The van der Waals surface area contributed by atoms with Gasteiger partial charge in [-0.15, -0.1) is 0 Å². The van der Waals surface area contributed by atoms with Gasteiger partial charge in [-0.3, -0.25) is 4.90 Å².